The summed E-state index contributed by atoms with van der Waals surface area (Å²) >= 11 is 3.39. The van der Waals surface area contributed by atoms with E-state index in [4.69, 9.17) is 5.73 Å². The zero-order valence-corrected chi connectivity index (χ0v) is 11.4. The topological polar surface area (TPSA) is 58.3 Å². The number of aliphatic hydroxyl groups is 1. The van der Waals surface area contributed by atoms with E-state index < -0.39 is 0 Å². The number of aliphatic hydroxyl groups excluding tert-OH is 1. The average Bonchev–Trinajstić information content (AvgIpc) is 2.30. The lowest BCUT2D eigenvalue weighted by molar-refractivity contribution is 0.0763. The van der Waals surface area contributed by atoms with Crippen LogP contribution < -0.4 is 11.1 Å². The molecular formula is C13H19BrN2O. The lowest BCUT2D eigenvalue weighted by atomic mass is 9.86. The van der Waals surface area contributed by atoms with E-state index in [1.165, 1.54) is 6.42 Å². The van der Waals surface area contributed by atoms with Gasteiger partial charge in [0.1, 0.15) is 0 Å². The van der Waals surface area contributed by atoms with E-state index in [1.807, 2.05) is 18.2 Å². The molecule has 0 radical (unpaired) electrons. The van der Waals surface area contributed by atoms with Crippen LogP contribution in [0.1, 0.15) is 25.7 Å². The van der Waals surface area contributed by atoms with Gasteiger partial charge in [-0.2, -0.15) is 0 Å². The summed E-state index contributed by atoms with van der Waals surface area (Å²) in [5, 5.41) is 13.2. The summed E-state index contributed by atoms with van der Waals surface area (Å²) < 4.78 is 0.984. The third-order valence-corrected chi connectivity index (χ3v) is 3.93. The highest BCUT2D eigenvalue weighted by atomic mass is 79.9. The van der Waals surface area contributed by atoms with Crippen molar-refractivity contribution in [3.63, 3.8) is 0 Å². The Hall–Kier alpha value is -0.740. The molecule has 1 aromatic carbocycles. The maximum Gasteiger partial charge on any atom is 0.0585 e. The number of halogens is 1. The van der Waals surface area contributed by atoms with E-state index in [0.29, 0.717) is 5.92 Å². The van der Waals surface area contributed by atoms with E-state index >= 15 is 0 Å². The van der Waals surface area contributed by atoms with Crippen LogP contribution in [0.3, 0.4) is 0 Å². The maximum absolute atomic E-state index is 9.88. The molecule has 2 unspecified atom stereocenters. The number of hydrogen-bond donors (Lipinski definition) is 3. The van der Waals surface area contributed by atoms with Crippen molar-refractivity contribution < 1.29 is 5.11 Å². The van der Waals surface area contributed by atoms with Gasteiger partial charge in [-0.05, 0) is 31.0 Å². The van der Waals surface area contributed by atoms with Gasteiger partial charge in [0.2, 0.25) is 0 Å². The molecule has 0 spiro atoms. The molecule has 1 aromatic rings. The van der Waals surface area contributed by atoms with Gasteiger partial charge >= 0.3 is 0 Å². The molecule has 0 aromatic heterocycles. The number of benzene rings is 1. The second-order valence-electron chi connectivity index (χ2n) is 4.72. The number of anilines is 2. The van der Waals surface area contributed by atoms with Crippen molar-refractivity contribution in [2.24, 2.45) is 5.92 Å². The van der Waals surface area contributed by atoms with Crippen LogP contribution in [0.2, 0.25) is 0 Å². The third kappa shape index (κ3) is 3.36. The van der Waals surface area contributed by atoms with E-state index in [1.54, 1.807) is 0 Å². The minimum atomic E-state index is -0.159. The molecule has 3 nitrogen and oxygen atoms in total. The van der Waals surface area contributed by atoms with Crippen molar-refractivity contribution in [2.75, 3.05) is 17.6 Å². The van der Waals surface area contributed by atoms with Gasteiger partial charge in [0, 0.05) is 16.9 Å². The van der Waals surface area contributed by atoms with E-state index in [9.17, 15) is 5.11 Å². The second kappa shape index (κ2) is 5.74. The first kappa shape index (κ1) is 12.7. The minimum absolute atomic E-state index is 0.159. The molecule has 94 valence electrons. The molecular weight excluding hydrogens is 280 g/mol. The predicted octanol–water partition coefficient (Wildman–Crippen LogP) is 2.99. The van der Waals surface area contributed by atoms with Crippen molar-refractivity contribution in [1.82, 2.24) is 0 Å². The summed E-state index contributed by atoms with van der Waals surface area (Å²) in [7, 11) is 0. The van der Waals surface area contributed by atoms with Crippen LogP contribution >= 0.6 is 15.9 Å². The van der Waals surface area contributed by atoms with Gasteiger partial charge < -0.3 is 16.2 Å². The highest BCUT2D eigenvalue weighted by Crippen LogP contribution is 2.27. The Labute approximate surface area is 111 Å². The van der Waals surface area contributed by atoms with Gasteiger partial charge in [0.05, 0.1) is 17.5 Å². The van der Waals surface area contributed by atoms with Crippen LogP contribution in [0.25, 0.3) is 0 Å². The van der Waals surface area contributed by atoms with Gasteiger partial charge in [0.15, 0.2) is 0 Å². The van der Waals surface area contributed by atoms with Crippen molar-refractivity contribution >= 4 is 27.3 Å². The molecule has 1 fully saturated rings. The Bertz CT molecular complexity index is 384. The van der Waals surface area contributed by atoms with E-state index in [2.05, 4.69) is 21.2 Å². The van der Waals surface area contributed by atoms with Crippen LogP contribution in [-0.4, -0.2) is 17.8 Å². The van der Waals surface area contributed by atoms with Gasteiger partial charge in [-0.3, -0.25) is 0 Å². The number of nitrogens with two attached hydrogens (primary N) is 1. The predicted molar refractivity (Wildman–Crippen MR) is 75.0 cm³/mol. The van der Waals surface area contributed by atoms with Crippen molar-refractivity contribution in [3.05, 3.63) is 22.7 Å². The van der Waals surface area contributed by atoms with Gasteiger partial charge in [-0.25, -0.2) is 0 Å². The highest BCUT2D eigenvalue weighted by molar-refractivity contribution is 9.10. The van der Waals surface area contributed by atoms with Crippen LogP contribution in [-0.2, 0) is 0 Å². The normalized spacial score (nSPS) is 24.6. The lowest BCUT2D eigenvalue weighted by Gasteiger charge is -2.28. The molecule has 1 aliphatic rings. The Morgan fingerprint density at radius 3 is 2.82 bits per heavy atom. The fourth-order valence-corrected chi connectivity index (χ4v) is 2.74. The zero-order valence-electron chi connectivity index (χ0n) is 9.82. The van der Waals surface area contributed by atoms with Crippen LogP contribution in [0.4, 0.5) is 11.4 Å². The SMILES string of the molecule is Nc1cc(Br)ccc1NCC1CCCCC1O. The number of nitrogen functional groups attached to an aromatic ring is 1. The lowest BCUT2D eigenvalue weighted by Crippen LogP contribution is -2.30. The summed E-state index contributed by atoms with van der Waals surface area (Å²) in [6.07, 6.45) is 4.25. The monoisotopic (exact) mass is 298 g/mol. The Morgan fingerprint density at radius 1 is 1.35 bits per heavy atom. The smallest absolute Gasteiger partial charge is 0.0585 e. The number of nitrogens with one attached hydrogen (secondary N) is 1. The molecule has 1 saturated carbocycles. The Balaban J connectivity index is 1.92. The molecule has 0 saturated heterocycles. The van der Waals surface area contributed by atoms with Crippen molar-refractivity contribution in [2.45, 2.75) is 31.8 Å². The third-order valence-electron chi connectivity index (χ3n) is 3.44. The maximum atomic E-state index is 9.88. The highest BCUT2D eigenvalue weighted by Gasteiger charge is 2.22. The first-order valence-electron chi connectivity index (χ1n) is 6.14. The summed E-state index contributed by atoms with van der Waals surface area (Å²) in [4.78, 5) is 0. The van der Waals surface area contributed by atoms with Gasteiger partial charge in [0.25, 0.3) is 0 Å². The zero-order chi connectivity index (χ0) is 12.3. The summed E-state index contributed by atoms with van der Waals surface area (Å²) in [6, 6.07) is 5.82. The van der Waals surface area contributed by atoms with Crippen LogP contribution in [0.15, 0.2) is 22.7 Å². The molecule has 0 bridgehead atoms. The molecule has 4 heteroatoms. The van der Waals surface area contributed by atoms with Crippen LogP contribution in [0, 0.1) is 5.92 Å². The first-order valence-corrected chi connectivity index (χ1v) is 6.93. The van der Waals surface area contributed by atoms with Gasteiger partial charge in [-0.15, -0.1) is 0 Å². The number of rotatable bonds is 3. The average molecular weight is 299 g/mol. The molecule has 2 rings (SSSR count). The van der Waals surface area contributed by atoms with E-state index in [0.717, 1.165) is 41.7 Å². The Morgan fingerprint density at radius 2 is 2.12 bits per heavy atom. The molecule has 2 atom stereocenters. The minimum Gasteiger partial charge on any atom is -0.397 e. The molecule has 0 heterocycles. The van der Waals surface area contributed by atoms with Crippen LogP contribution in [0.5, 0.6) is 0 Å². The largest absolute Gasteiger partial charge is 0.397 e. The Kier molecular flexibility index (Phi) is 4.29. The molecule has 17 heavy (non-hydrogen) atoms. The molecule has 1 aliphatic carbocycles. The van der Waals surface area contributed by atoms with E-state index in [-0.39, 0.29) is 6.10 Å². The molecule has 4 N–H and O–H groups in total. The number of hydrogen-bond acceptors (Lipinski definition) is 3. The second-order valence-corrected chi connectivity index (χ2v) is 5.64. The summed E-state index contributed by atoms with van der Waals surface area (Å²) in [5.74, 6) is 0.354. The fraction of sp³-hybridized carbons (Fsp3) is 0.538. The fourth-order valence-electron chi connectivity index (χ4n) is 2.36. The molecule has 0 aliphatic heterocycles. The summed E-state index contributed by atoms with van der Waals surface area (Å²) in [5.41, 5.74) is 7.61. The quantitative estimate of drug-likeness (QED) is 0.752. The van der Waals surface area contributed by atoms with Crippen molar-refractivity contribution in [1.29, 1.82) is 0 Å². The standard InChI is InChI=1S/C13H19BrN2O/c14-10-5-6-12(11(15)7-10)16-8-9-3-1-2-4-13(9)17/h5-7,9,13,16-17H,1-4,8,15H2. The van der Waals surface area contributed by atoms with Gasteiger partial charge in [-0.1, -0.05) is 28.8 Å². The first-order chi connectivity index (χ1) is 8.16. The van der Waals surface area contributed by atoms with Crippen molar-refractivity contribution in [3.8, 4) is 0 Å². The summed E-state index contributed by atoms with van der Waals surface area (Å²) in [6.45, 7) is 0.799. The molecule has 0 amide bonds.